The van der Waals surface area contributed by atoms with Gasteiger partial charge in [0.25, 0.3) is 0 Å². The van der Waals surface area contributed by atoms with Gasteiger partial charge in [-0.1, -0.05) is 42.0 Å². The van der Waals surface area contributed by atoms with Gasteiger partial charge in [0.15, 0.2) is 0 Å². The molecule has 62 valence electrons. The zero-order valence-electron chi connectivity index (χ0n) is 6.83. The standard InChI is InChI=1S/C11H11F/c12-11-7-10(8-11)6-9-4-2-1-3-5-9/h1-6,11H,7-8H2. The number of hydrogen-bond donors (Lipinski definition) is 0. The Bertz CT molecular complexity index is 279. The molecular weight excluding hydrogens is 151 g/mol. The van der Waals surface area contributed by atoms with Crippen molar-refractivity contribution in [3.05, 3.63) is 41.5 Å². The van der Waals surface area contributed by atoms with Crippen LogP contribution in [0, 0.1) is 0 Å². The summed E-state index contributed by atoms with van der Waals surface area (Å²) in [5.41, 5.74) is 2.41. The third-order valence-corrected chi connectivity index (χ3v) is 2.14. The lowest BCUT2D eigenvalue weighted by molar-refractivity contribution is 0.274. The normalized spacial score (nSPS) is 21.8. The van der Waals surface area contributed by atoms with Crippen molar-refractivity contribution < 1.29 is 4.39 Å². The molecule has 1 aliphatic rings. The Balaban J connectivity index is 2.09. The predicted octanol–water partition coefficient (Wildman–Crippen LogP) is 3.20. The summed E-state index contributed by atoms with van der Waals surface area (Å²) >= 11 is 0. The van der Waals surface area contributed by atoms with Gasteiger partial charge < -0.3 is 0 Å². The minimum Gasteiger partial charge on any atom is -0.247 e. The van der Waals surface area contributed by atoms with Crippen LogP contribution in [0.2, 0.25) is 0 Å². The van der Waals surface area contributed by atoms with E-state index >= 15 is 0 Å². The summed E-state index contributed by atoms with van der Waals surface area (Å²) in [5.74, 6) is 0. The molecule has 0 heterocycles. The molecular formula is C11H11F. The van der Waals surface area contributed by atoms with Gasteiger partial charge in [0, 0.05) is 12.8 Å². The highest BCUT2D eigenvalue weighted by atomic mass is 19.1. The van der Waals surface area contributed by atoms with Crippen molar-refractivity contribution >= 4 is 6.08 Å². The van der Waals surface area contributed by atoms with Crippen LogP contribution >= 0.6 is 0 Å². The Hall–Kier alpha value is -1.11. The number of allylic oxidation sites excluding steroid dienone is 1. The summed E-state index contributed by atoms with van der Waals surface area (Å²) in [6, 6.07) is 10.1. The molecule has 1 fully saturated rings. The van der Waals surface area contributed by atoms with Crippen molar-refractivity contribution in [3.8, 4) is 0 Å². The van der Waals surface area contributed by atoms with Crippen molar-refractivity contribution in [2.45, 2.75) is 19.0 Å². The molecule has 1 aliphatic carbocycles. The van der Waals surface area contributed by atoms with Crippen molar-refractivity contribution in [1.82, 2.24) is 0 Å². The maximum absolute atomic E-state index is 12.4. The maximum Gasteiger partial charge on any atom is 0.108 e. The third-order valence-electron chi connectivity index (χ3n) is 2.14. The van der Waals surface area contributed by atoms with E-state index in [4.69, 9.17) is 0 Å². The van der Waals surface area contributed by atoms with Gasteiger partial charge in [0.05, 0.1) is 0 Å². The average Bonchev–Trinajstić information content (AvgIpc) is 2.04. The lowest BCUT2D eigenvalue weighted by atomic mass is 9.89. The Morgan fingerprint density at radius 1 is 1.17 bits per heavy atom. The molecule has 0 radical (unpaired) electrons. The summed E-state index contributed by atoms with van der Waals surface area (Å²) in [7, 11) is 0. The number of hydrogen-bond acceptors (Lipinski definition) is 0. The second-order valence-corrected chi connectivity index (χ2v) is 3.22. The molecule has 0 bridgehead atoms. The number of halogens is 1. The topological polar surface area (TPSA) is 0 Å². The van der Waals surface area contributed by atoms with E-state index in [1.165, 1.54) is 11.1 Å². The molecule has 1 aromatic carbocycles. The van der Waals surface area contributed by atoms with Crippen LogP contribution in [-0.4, -0.2) is 6.17 Å². The molecule has 0 aromatic heterocycles. The van der Waals surface area contributed by atoms with Crippen molar-refractivity contribution in [2.24, 2.45) is 0 Å². The van der Waals surface area contributed by atoms with Crippen molar-refractivity contribution in [3.63, 3.8) is 0 Å². The molecule has 0 aliphatic heterocycles. The van der Waals surface area contributed by atoms with Gasteiger partial charge in [-0.3, -0.25) is 0 Å². The fourth-order valence-electron chi connectivity index (χ4n) is 1.41. The van der Waals surface area contributed by atoms with Gasteiger partial charge in [-0.05, 0) is 5.56 Å². The highest BCUT2D eigenvalue weighted by Crippen LogP contribution is 2.30. The first-order valence-electron chi connectivity index (χ1n) is 4.23. The van der Waals surface area contributed by atoms with Crippen LogP contribution in [0.25, 0.3) is 6.08 Å². The van der Waals surface area contributed by atoms with E-state index in [0.717, 1.165) is 0 Å². The monoisotopic (exact) mass is 162 g/mol. The van der Waals surface area contributed by atoms with E-state index in [0.29, 0.717) is 12.8 Å². The fraction of sp³-hybridized carbons (Fsp3) is 0.273. The molecule has 0 N–H and O–H groups in total. The van der Waals surface area contributed by atoms with E-state index in [1.54, 1.807) is 0 Å². The summed E-state index contributed by atoms with van der Waals surface area (Å²) in [4.78, 5) is 0. The van der Waals surface area contributed by atoms with Crippen LogP contribution < -0.4 is 0 Å². The van der Waals surface area contributed by atoms with E-state index in [1.807, 2.05) is 30.3 Å². The number of rotatable bonds is 1. The molecule has 1 saturated carbocycles. The van der Waals surface area contributed by atoms with Crippen molar-refractivity contribution in [1.29, 1.82) is 0 Å². The molecule has 1 heteroatoms. The minimum atomic E-state index is -0.583. The molecule has 0 amide bonds. The van der Waals surface area contributed by atoms with E-state index < -0.39 is 6.17 Å². The van der Waals surface area contributed by atoms with Crippen LogP contribution in [0.3, 0.4) is 0 Å². The average molecular weight is 162 g/mol. The third kappa shape index (κ3) is 1.55. The quantitative estimate of drug-likeness (QED) is 0.594. The molecule has 0 atom stereocenters. The second-order valence-electron chi connectivity index (χ2n) is 3.22. The minimum absolute atomic E-state index is 0.583. The molecule has 0 saturated heterocycles. The van der Waals surface area contributed by atoms with Crippen LogP contribution in [0.4, 0.5) is 4.39 Å². The SMILES string of the molecule is FC1CC(=Cc2ccccc2)C1. The lowest BCUT2D eigenvalue weighted by Crippen LogP contribution is -2.14. The molecule has 0 unspecified atom stereocenters. The fourth-order valence-corrected chi connectivity index (χ4v) is 1.41. The second kappa shape index (κ2) is 3.10. The Morgan fingerprint density at radius 3 is 2.42 bits per heavy atom. The summed E-state index contributed by atoms with van der Waals surface area (Å²) in [5, 5.41) is 0. The highest BCUT2D eigenvalue weighted by molar-refractivity contribution is 5.54. The Kier molecular flexibility index (Phi) is 1.94. The molecule has 12 heavy (non-hydrogen) atoms. The van der Waals surface area contributed by atoms with Gasteiger partial charge in [-0.15, -0.1) is 0 Å². The van der Waals surface area contributed by atoms with Crippen LogP contribution in [0.15, 0.2) is 35.9 Å². The highest BCUT2D eigenvalue weighted by Gasteiger charge is 2.21. The number of benzene rings is 1. The van der Waals surface area contributed by atoms with Gasteiger partial charge >= 0.3 is 0 Å². The maximum atomic E-state index is 12.4. The van der Waals surface area contributed by atoms with Gasteiger partial charge in [0.1, 0.15) is 6.17 Å². The van der Waals surface area contributed by atoms with Gasteiger partial charge in [-0.25, -0.2) is 4.39 Å². The first kappa shape index (κ1) is 7.53. The van der Waals surface area contributed by atoms with Crippen LogP contribution in [0.1, 0.15) is 18.4 Å². The molecule has 2 rings (SSSR count). The zero-order chi connectivity index (χ0) is 8.39. The van der Waals surface area contributed by atoms with Crippen molar-refractivity contribution in [2.75, 3.05) is 0 Å². The van der Waals surface area contributed by atoms with Crippen LogP contribution in [-0.2, 0) is 0 Å². The van der Waals surface area contributed by atoms with E-state index in [9.17, 15) is 4.39 Å². The van der Waals surface area contributed by atoms with Gasteiger partial charge in [0.2, 0.25) is 0 Å². The zero-order valence-corrected chi connectivity index (χ0v) is 6.83. The summed E-state index contributed by atoms with van der Waals surface area (Å²) in [6.45, 7) is 0. The Labute approximate surface area is 71.7 Å². The van der Waals surface area contributed by atoms with Gasteiger partial charge in [-0.2, -0.15) is 0 Å². The summed E-state index contributed by atoms with van der Waals surface area (Å²) < 4.78 is 12.4. The van der Waals surface area contributed by atoms with Crippen LogP contribution in [0.5, 0.6) is 0 Å². The largest absolute Gasteiger partial charge is 0.247 e. The predicted molar refractivity (Wildman–Crippen MR) is 48.5 cm³/mol. The number of alkyl halides is 1. The molecule has 1 aromatic rings. The smallest absolute Gasteiger partial charge is 0.108 e. The Morgan fingerprint density at radius 2 is 1.83 bits per heavy atom. The van der Waals surface area contributed by atoms with E-state index in [2.05, 4.69) is 6.08 Å². The summed E-state index contributed by atoms with van der Waals surface area (Å²) in [6.07, 6.45) is 2.76. The first-order chi connectivity index (χ1) is 5.84. The first-order valence-corrected chi connectivity index (χ1v) is 4.23. The molecule has 0 nitrogen and oxygen atoms in total. The molecule has 0 spiro atoms. The lowest BCUT2D eigenvalue weighted by Gasteiger charge is -2.21. The van der Waals surface area contributed by atoms with E-state index in [-0.39, 0.29) is 0 Å².